The van der Waals surface area contributed by atoms with Crippen LogP contribution >= 0.6 is 0 Å². The molecule has 1 aromatic heterocycles. The maximum absolute atomic E-state index is 12.4. The monoisotopic (exact) mass is 394 g/mol. The lowest BCUT2D eigenvalue weighted by Crippen LogP contribution is -2.50. The van der Waals surface area contributed by atoms with Gasteiger partial charge in [0, 0.05) is 31.7 Å². The van der Waals surface area contributed by atoms with E-state index >= 15 is 0 Å². The molecule has 0 unspecified atom stereocenters. The van der Waals surface area contributed by atoms with E-state index in [9.17, 15) is 4.79 Å². The van der Waals surface area contributed by atoms with Gasteiger partial charge in [-0.3, -0.25) is 0 Å². The largest absolute Gasteiger partial charge is 0.444 e. The summed E-state index contributed by atoms with van der Waals surface area (Å²) in [5, 5.41) is 0. The van der Waals surface area contributed by atoms with Gasteiger partial charge < -0.3 is 14.5 Å². The molecule has 1 amide bonds. The van der Waals surface area contributed by atoms with E-state index in [2.05, 4.69) is 33.1 Å². The Labute approximate surface area is 173 Å². The van der Waals surface area contributed by atoms with Gasteiger partial charge >= 0.3 is 6.09 Å². The summed E-state index contributed by atoms with van der Waals surface area (Å²) in [4.78, 5) is 25.4. The van der Waals surface area contributed by atoms with E-state index in [1.807, 2.05) is 52.8 Å². The second-order valence-electron chi connectivity index (χ2n) is 8.18. The van der Waals surface area contributed by atoms with Crippen molar-refractivity contribution in [2.75, 3.05) is 31.1 Å². The zero-order valence-corrected chi connectivity index (χ0v) is 18.0. The van der Waals surface area contributed by atoms with Gasteiger partial charge in [-0.15, -0.1) is 0 Å². The summed E-state index contributed by atoms with van der Waals surface area (Å²) in [6.45, 7) is 12.3. The van der Waals surface area contributed by atoms with Crippen LogP contribution in [0.4, 0.5) is 10.6 Å². The van der Waals surface area contributed by atoms with E-state index in [4.69, 9.17) is 4.74 Å². The number of rotatable bonds is 3. The number of hydrogen-bond acceptors (Lipinski definition) is 5. The van der Waals surface area contributed by atoms with Gasteiger partial charge in [-0.05, 0) is 45.8 Å². The SMILES string of the molecule is C/C=C(/c1ccccc1)c1c(C)ncnc1N1CCN(C(=O)OC(C)(C)C)CC1. The number of aromatic nitrogens is 2. The highest BCUT2D eigenvalue weighted by molar-refractivity contribution is 5.86. The molecule has 0 atom stereocenters. The van der Waals surface area contributed by atoms with Gasteiger partial charge in [0.1, 0.15) is 17.7 Å². The minimum atomic E-state index is -0.484. The molecule has 0 N–H and O–H groups in total. The predicted octanol–water partition coefficient (Wildman–Crippen LogP) is 4.29. The summed E-state index contributed by atoms with van der Waals surface area (Å²) < 4.78 is 5.51. The number of nitrogens with zero attached hydrogens (tertiary/aromatic N) is 4. The molecule has 1 aliphatic heterocycles. The maximum Gasteiger partial charge on any atom is 0.410 e. The second-order valence-corrected chi connectivity index (χ2v) is 8.18. The number of anilines is 1. The smallest absolute Gasteiger partial charge is 0.410 e. The van der Waals surface area contributed by atoms with Crippen molar-refractivity contribution in [3.63, 3.8) is 0 Å². The van der Waals surface area contributed by atoms with Gasteiger partial charge in [-0.25, -0.2) is 14.8 Å². The molecule has 6 nitrogen and oxygen atoms in total. The number of carbonyl (C=O) groups is 1. The van der Waals surface area contributed by atoms with Gasteiger partial charge in [-0.1, -0.05) is 36.4 Å². The van der Waals surface area contributed by atoms with Crippen molar-refractivity contribution in [3.8, 4) is 0 Å². The number of amides is 1. The topological polar surface area (TPSA) is 58.6 Å². The van der Waals surface area contributed by atoms with Crippen LogP contribution in [0.1, 0.15) is 44.5 Å². The van der Waals surface area contributed by atoms with Crippen molar-refractivity contribution in [1.82, 2.24) is 14.9 Å². The Hall–Kier alpha value is -2.89. The summed E-state index contributed by atoms with van der Waals surface area (Å²) >= 11 is 0. The number of allylic oxidation sites excluding steroid dienone is 1. The zero-order valence-electron chi connectivity index (χ0n) is 18.0. The Bertz CT molecular complexity index is 879. The van der Waals surface area contributed by atoms with E-state index in [1.165, 1.54) is 0 Å². The first-order valence-corrected chi connectivity index (χ1v) is 10.1. The first kappa shape index (κ1) is 20.8. The van der Waals surface area contributed by atoms with E-state index in [0.29, 0.717) is 26.2 Å². The molecule has 0 bridgehead atoms. The van der Waals surface area contributed by atoms with Crippen molar-refractivity contribution in [1.29, 1.82) is 0 Å². The van der Waals surface area contributed by atoms with Crippen molar-refractivity contribution in [2.45, 2.75) is 40.2 Å². The van der Waals surface area contributed by atoms with E-state index in [0.717, 1.165) is 28.2 Å². The van der Waals surface area contributed by atoms with Gasteiger partial charge in [0.05, 0.1) is 5.69 Å². The third-order valence-electron chi connectivity index (χ3n) is 4.89. The summed E-state index contributed by atoms with van der Waals surface area (Å²) in [6, 6.07) is 10.3. The fourth-order valence-electron chi connectivity index (χ4n) is 3.52. The van der Waals surface area contributed by atoms with Crippen molar-refractivity contribution < 1.29 is 9.53 Å². The molecule has 2 aromatic rings. The Kier molecular flexibility index (Phi) is 6.20. The Morgan fingerprint density at radius 1 is 1.07 bits per heavy atom. The van der Waals surface area contributed by atoms with Crippen molar-refractivity contribution >= 4 is 17.5 Å². The van der Waals surface area contributed by atoms with E-state index in [-0.39, 0.29) is 6.09 Å². The molecule has 1 aliphatic rings. The highest BCUT2D eigenvalue weighted by atomic mass is 16.6. The van der Waals surface area contributed by atoms with Gasteiger partial charge in [0.2, 0.25) is 0 Å². The fraction of sp³-hybridized carbons (Fsp3) is 0.435. The summed E-state index contributed by atoms with van der Waals surface area (Å²) in [5.74, 6) is 0.915. The molecule has 1 saturated heterocycles. The third kappa shape index (κ3) is 4.94. The van der Waals surface area contributed by atoms with Crippen LogP contribution in [-0.2, 0) is 4.74 Å². The molecule has 0 saturated carbocycles. The third-order valence-corrected chi connectivity index (χ3v) is 4.89. The lowest BCUT2D eigenvalue weighted by Gasteiger charge is -2.37. The summed E-state index contributed by atoms with van der Waals surface area (Å²) in [7, 11) is 0. The molecular formula is C23H30N4O2. The highest BCUT2D eigenvalue weighted by Gasteiger charge is 2.28. The number of piperazine rings is 1. The Morgan fingerprint density at radius 2 is 1.72 bits per heavy atom. The average molecular weight is 395 g/mol. The molecule has 6 heteroatoms. The van der Waals surface area contributed by atoms with Crippen LogP contribution in [0.15, 0.2) is 42.7 Å². The Morgan fingerprint density at radius 3 is 2.31 bits per heavy atom. The van der Waals surface area contributed by atoms with Crippen molar-refractivity contribution in [3.05, 3.63) is 59.6 Å². The molecule has 29 heavy (non-hydrogen) atoms. The number of carbonyl (C=O) groups excluding carboxylic acids is 1. The molecule has 3 rings (SSSR count). The zero-order chi connectivity index (χ0) is 21.0. The molecule has 0 radical (unpaired) electrons. The minimum absolute atomic E-state index is 0.255. The molecule has 0 aliphatic carbocycles. The fourth-order valence-corrected chi connectivity index (χ4v) is 3.52. The van der Waals surface area contributed by atoms with E-state index in [1.54, 1.807) is 11.2 Å². The van der Waals surface area contributed by atoms with Crippen LogP contribution < -0.4 is 4.90 Å². The molecular weight excluding hydrogens is 364 g/mol. The predicted molar refractivity (Wildman–Crippen MR) is 116 cm³/mol. The van der Waals surface area contributed by atoms with Crippen LogP contribution in [-0.4, -0.2) is 52.7 Å². The van der Waals surface area contributed by atoms with Crippen LogP contribution in [0, 0.1) is 6.92 Å². The van der Waals surface area contributed by atoms with E-state index < -0.39 is 5.60 Å². The quantitative estimate of drug-likeness (QED) is 0.777. The van der Waals surface area contributed by atoms with Crippen LogP contribution in [0.2, 0.25) is 0 Å². The normalized spacial score (nSPS) is 15.4. The number of ether oxygens (including phenoxy) is 1. The Balaban J connectivity index is 1.83. The molecule has 2 heterocycles. The lowest BCUT2D eigenvalue weighted by molar-refractivity contribution is 0.0240. The maximum atomic E-state index is 12.4. The van der Waals surface area contributed by atoms with Crippen molar-refractivity contribution in [2.24, 2.45) is 0 Å². The molecule has 1 fully saturated rings. The van der Waals surface area contributed by atoms with Gasteiger partial charge in [-0.2, -0.15) is 0 Å². The highest BCUT2D eigenvalue weighted by Crippen LogP contribution is 2.32. The van der Waals surface area contributed by atoms with Gasteiger partial charge in [0.15, 0.2) is 0 Å². The number of aryl methyl sites for hydroxylation is 1. The molecule has 1 aromatic carbocycles. The number of hydrogen-bond donors (Lipinski definition) is 0. The minimum Gasteiger partial charge on any atom is -0.444 e. The van der Waals surface area contributed by atoms with Crippen LogP contribution in [0.25, 0.3) is 5.57 Å². The average Bonchev–Trinajstić information content (AvgIpc) is 2.69. The van der Waals surface area contributed by atoms with Crippen LogP contribution in [0.5, 0.6) is 0 Å². The molecule has 154 valence electrons. The standard InChI is InChI=1S/C23H30N4O2/c1-6-19(18-10-8-7-9-11-18)20-17(2)24-16-25-21(20)26-12-14-27(15-13-26)22(28)29-23(3,4)5/h6-11,16H,12-15H2,1-5H3/b19-6-. The number of benzene rings is 1. The second kappa shape index (κ2) is 8.64. The lowest BCUT2D eigenvalue weighted by atomic mass is 9.96. The molecule has 0 spiro atoms. The van der Waals surface area contributed by atoms with Gasteiger partial charge in [0.25, 0.3) is 0 Å². The first-order valence-electron chi connectivity index (χ1n) is 10.1. The summed E-state index contributed by atoms with van der Waals surface area (Å²) in [6.07, 6.45) is 3.48. The first-order chi connectivity index (χ1) is 13.8. The van der Waals surface area contributed by atoms with Crippen LogP contribution in [0.3, 0.4) is 0 Å². The summed E-state index contributed by atoms with van der Waals surface area (Å²) in [5.41, 5.74) is 3.77.